The molecule has 0 aromatic heterocycles. The minimum Gasteiger partial charge on any atom is -0.497 e. The Hall–Kier alpha value is -3.08. The Bertz CT molecular complexity index is 954. The molecule has 0 saturated carbocycles. The molecular formula is C25H28N2O3. The second-order valence-corrected chi connectivity index (χ2v) is 8.14. The zero-order chi connectivity index (χ0) is 21.0. The van der Waals surface area contributed by atoms with Crippen LogP contribution in [0.15, 0.2) is 66.4 Å². The summed E-state index contributed by atoms with van der Waals surface area (Å²) in [5.41, 5.74) is 2.60. The van der Waals surface area contributed by atoms with Crippen molar-refractivity contribution < 1.29 is 14.3 Å². The van der Waals surface area contributed by atoms with Crippen LogP contribution in [0.5, 0.6) is 5.75 Å². The Labute approximate surface area is 177 Å². The summed E-state index contributed by atoms with van der Waals surface area (Å²) < 4.78 is 5.23. The molecule has 2 aromatic rings. The van der Waals surface area contributed by atoms with E-state index in [2.05, 4.69) is 23.5 Å². The molecule has 1 atom stereocenters. The van der Waals surface area contributed by atoms with Crippen LogP contribution < -0.4 is 10.1 Å². The Kier molecular flexibility index (Phi) is 5.88. The lowest BCUT2D eigenvalue weighted by Crippen LogP contribution is -2.50. The molecule has 0 spiro atoms. The average Bonchev–Trinajstić information content (AvgIpc) is 2.80. The monoisotopic (exact) mass is 404 g/mol. The highest BCUT2D eigenvalue weighted by Crippen LogP contribution is 2.46. The number of carbonyl (C=O) groups is 2. The minimum absolute atomic E-state index is 0.111. The number of amides is 2. The lowest BCUT2D eigenvalue weighted by Gasteiger charge is -2.47. The van der Waals surface area contributed by atoms with Crippen LogP contribution in [0.2, 0.25) is 0 Å². The Balaban J connectivity index is 1.53. The maximum atomic E-state index is 12.8. The topological polar surface area (TPSA) is 58.6 Å². The highest BCUT2D eigenvalue weighted by Gasteiger charge is 2.44. The van der Waals surface area contributed by atoms with Crippen LogP contribution in [0.3, 0.4) is 0 Å². The van der Waals surface area contributed by atoms with Gasteiger partial charge in [-0.2, -0.15) is 0 Å². The predicted molar refractivity (Wildman–Crippen MR) is 116 cm³/mol. The number of methoxy groups -OCH3 is 1. The Morgan fingerprint density at radius 1 is 1.13 bits per heavy atom. The van der Waals surface area contributed by atoms with Crippen LogP contribution in [0.1, 0.15) is 48.0 Å². The van der Waals surface area contributed by atoms with Gasteiger partial charge in [-0.25, -0.2) is 0 Å². The van der Waals surface area contributed by atoms with E-state index < -0.39 is 0 Å². The molecule has 1 saturated heterocycles. The zero-order valence-corrected chi connectivity index (χ0v) is 17.4. The molecule has 1 N–H and O–H groups in total. The van der Waals surface area contributed by atoms with Crippen molar-refractivity contribution in [3.63, 3.8) is 0 Å². The first-order valence-corrected chi connectivity index (χ1v) is 10.6. The third kappa shape index (κ3) is 4.11. The van der Waals surface area contributed by atoms with Gasteiger partial charge in [-0.15, -0.1) is 0 Å². The normalized spacial score (nSPS) is 20.9. The summed E-state index contributed by atoms with van der Waals surface area (Å²) in [7, 11) is 1.59. The van der Waals surface area contributed by atoms with E-state index in [1.165, 1.54) is 0 Å². The molecule has 0 bridgehead atoms. The van der Waals surface area contributed by atoms with Gasteiger partial charge in [-0.3, -0.25) is 9.59 Å². The largest absolute Gasteiger partial charge is 0.497 e. The SMILES string of the molecule is COc1cccc(C(=O)NCC23CCCC=C2N(Cc2ccccc2)C(=O)CC3)c1. The van der Waals surface area contributed by atoms with Crippen LogP contribution in [0.4, 0.5) is 0 Å². The van der Waals surface area contributed by atoms with Crippen molar-refractivity contribution in [3.05, 3.63) is 77.5 Å². The van der Waals surface area contributed by atoms with E-state index in [0.717, 1.165) is 36.9 Å². The fraction of sp³-hybridized carbons (Fsp3) is 0.360. The Morgan fingerprint density at radius 3 is 2.77 bits per heavy atom. The summed E-state index contributed by atoms with van der Waals surface area (Å²) in [5, 5.41) is 3.14. The summed E-state index contributed by atoms with van der Waals surface area (Å²) in [5.74, 6) is 0.720. The molecule has 1 unspecified atom stereocenters. The van der Waals surface area contributed by atoms with Crippen LogP contribution in [0.25, 0.3) is 0 Å². The second kappa shape index (κ2) is 8.74. The van der Waals surface area contributed by atoms with E-state index in [9.17, 15) is 9.59 Å². The molecule has 5 nitrogen and oxygen atoms in total. The first kappa shape index (κ1) is 20.2. The first-order chi connectivity index (χ1) is 14.6. The molecule has 1 aliphatic heterocycles. The lowest BCUT2D eigenvalue weighted by atomic mass is 9.69. The third-order valence-corrected chi connectivity index (χ3v) is 6.25. The molecule has 0 radical (unpaired) electrons. The summed E-state index contributed by atoms with van der Waals surface area (Å²) >= 11 is 0. The third-order valence-electron chi connectivity index (χ3n) is 6.25. The van der Waals surface area contributed by atoms with E-state index in [1.807, 2.05) is 35.2 Å². The molecule has 30 heavy (non-hydrogen) atoms. The smallest absolute Gasteiger partial charge is 0.251 e. The van der Waals surface area contributed by atoms with E-state index in [0.29, 0.717) is 30.8 Å². The number of likely N-dealkylation sites (tertiary alicyclic amines) is 1. The zero-order valence-electron chi connectivity index (χ0n) is 17.4. The molecule has 2 aliphatic rings. The highest BCUT2D eigenvalue weighted by molar-refractivity contribution is 5.94. The van der Waals surface area contributed by atoms with Crippen molar-refractivity contribution in [2.45, 2.75) is 38.6 Å². The number of benzene rings is 2. The van der Waals surface area contributed by atoms with Gasteiger partial charge in [-0.1, -0.05) is 42.5 Å². The van der Waals surface area contributed by atoms with Crippen LogP contribution in [-0.2, 0) is 11.3 Å². The number of nitrogens with zero attached hydrogens (tertiary/aromatic N) is 1. The van der Waals surface area contributed by atoms with Crippen molar-refractivity contribution in [3.8, 4) is 5.75 Å². The van der Waals surface area contributed by atoms with Gasteiger partial charge in [0.2, 0.25) is 5.91 Å². The van der Waals surface area contributed by atoms with Gasteiger partial charge in [0, 0.05) is 29.6 Å². The van der Waals surface area contributed by atoms with Crippen LogP contribution in [0, 0.1) is 5.41 Å². The molecule has 4 rings (SSSR count). The number of hydrogen-bond donors (Lipinski definition) is 1. The van der Waals surface area contributed by atoms with Crippen molar-refractivity contribution in [2.24, 2.45) is 5.41 Å². The summed E-state index contributed by atoms with van der Waals surface area (Å²) in [4.78, 5) is 27.5. The maximum Gasteiger partial charge on any atom is 0.251 e. The molecular weight excluding hydrogens is 376 g/mol. The number of ether oxygens (including phenoxy) is 1. The van der Waals surface area contributed by atoms with Crippen molar-refractivity contribution in [1.82, 2.24) is 10.2 Å². The lowest BCUT2D eigenvalue weighted by molar-refractivity contribution is -0.134. The standard InChI is InChI=1S/C25H28N2O3/c1-30-21-11-7-10-20(16-21)24(29)26-18-25-14-6-5-12-22(25)27(23(28)13-15-25)17-19-8-3-2-4-9-19/h2-4,7-12,16H,5-6,13-15,17-18H2,1H3,(H,26,29). The van der Waals surface area contributed by atoms with Crippen molar-refractivity contribution in [1.29, 1.82) is 0 Å². The number of nitrogens with one attached hydrogen (secondary N) is 1. The Morgan fingerprint density at radius 2 is 1.97 bits per heavy atom. The van der Waals surface area contributed by atoms with Gasteiger partial charge in [0.25, 0.3) is 5.91 Å². The molecule has 2 amide bonds. The number of hydrogen-bond acceptors (Lipinski definition) is 3. The summed E-state index contributed by atoms with van der Waals surface area (Å²) in [6.45, 7) is 1.12. The van der Waals surface area contributed by atoms with Crippen LogP contribution in [-0.4, -0.2) is 30.4 Å². The van der Waals surface area contributed by atoms with E-state index in [1.54, 1.807) is 19.2 Å². The molecule has 156 valence electrons. The number of rotatable bonds is 6. The predicted octanol–water partition coefficient (Wildman–Crippen LogP) is 4.30. The number of allylic oxidation sites excluding steroid dienone is 1. The fourth-order valence-electron chi connectivity index (χ4n) is 4.61. The van der Waals surface area contributed by atoms with Gasteiger partial charge >= 0.3 is 0 Å². The quantitative estimate of drug-likeness (QED) is 0.781. The van der Waals surface area contributed by atoms with Gasteiger partial charge in [0.1, 0.15) is 5.75 Å². The second-order valence-electron chi connectivity index (χ2n) is 8.14. The summed E-state index contributed by atoms with van der Waals surface area (Å²) in [6.07, 6.45) is 6.53. The van der Waals surface area contributed by atoms with Gasteiger partial charge in [0.15, 0.2) is 0 Å². The molecule has 1 fully saturated rings. The molecule has 2 aromatic carbocycles. The van der Waals surface area contributed by atoms with Gasteiger partial charge < -0.3 is 15.0 Å². The first-order valence-electron chi connectivity index (χ1n) is 10.6. The minimum atomic E-state index is -0.185. The molecule has 1 heterocycles. The van der Waals surface area contributed by atoms with Crippen molar-refractivity contribution in [2.75, 3.05) is 13.7 Å². The average molecular weight is 405 g/mol. The maximum absolute atomic E-state index is 12.8. The number of fused-ring (bicyclic) bond motifs is 1. The molecule has 1 aliphatic carbocycles. The van der Waals surface area contributed by atoms with E-state index in [4.69, 9.17) is 4.74 Å². The van der Waals surface area contributed by atoms with Crippen LogP contribution >= 0.6 is 0 Å². The van der Waals surface area contributed by atoms with Gasteiger partial charge in [-0.05, 0) is 49.4 Å². The summed E-state index contributed by atoms with van der Waals surface area (Å²) in [6, 6.07) is 17.3. The van der Waals surface area contributed by atoms with Crippen molar-refractivity contribution >= 4 is 11.8 Å². The van der Waals surface area contributed by atoms with E-state index >= 15 is 0 Å². The molecule has 5 heteroatoms. The van der Waals surface area contributed by atoms with E-state index in [-0.39, 0.29) is 17.2 Å². The number of carbonyl (C=O) groups excluding carboxylic acids is 2. The fourth-order valence-corrected chi connectivity index (χ4v) is 4.61. The highest BCUT2D eigenvalue weighted by atomic mass is 16.5. The number of piperidine rings is 1. The van der Waals surface area contributed by atoms with Gasteiger partial charge in [0.05, 0.1) is 13.7 Å².